The van der Waals surface area contributed by atoms with E-state index < -0.39 is 0 Å². The minimum atomic E-state index is -0.0449. The highest BCUT2D eigenvalue weighted by atomic mass is 16.3. The molecule has 0 saturated carbocycles. The van der Waals surface area contributed by atoms with Gasteiger partial charge in [-0.2, -0.15) is 0 Å². The average Bonchev–Trinajstić information content (AvgIpc) is 2.70. The van der Waals surface area contributed by atoms with Gasteiger partial charge in [0.15, 0.2) is 11.5 Å². The van der Waals surface area contributed by atoms with Gasteiger partial charge in [0, 0.05) is 12.5 Å². The molecule has 1 aromatic heterocycles. The first-order valence-corrected chi connectivity index (χ1v) is 5.26. The van der Waals surface area contributed by atoms with Crippen molar-refractivity contribution in [1.82, 2.24) is 0 Å². The number of carbonyl (C=O) groups excluding carboxylic acids is 1. The predicted molar refractivity (Wildman–Crippen MR) is 63.6 cm³/mol. The minimum Gasteiger partial charge on any atom is -0.453 e. The molecule has 82 valence electrons. The van der Waals surface area contributed by atoms with Crippen molar-refractivity contribution in [1.29, 1.82) is 0 Å². The van der Waals surface area contributed by atoms with E-state index in [1.54, 1.807) is 6.07 Å². The summed E-state index contributed by atoms with van der Waals surface area (Å²) >= 11 is 0. The van der Waals surface area contributed by atoms with Crippen molar-refractivity contribution < 1.29 is 9.21 Å². The van der Waals surface area contributed by atoms with Crippen LogP contribution in [0.2, 0.25) is 0 Å². The lowest BCUT2D eigenvalue weighted by Gasteiger charge is -2.03. The molecule has 0 bridgehead atoms. The molecule has 0 fully saturated rings. The van der Waals surface area contributed by atoms with Crippen LogP contribution >= 0.6 is 0 Å². The normalized spacial score (nSPS) is 10.4. The number of rotatable bonds is 2. The van der Waals surface area contributed by atoms with Crippen LogP contribution in [-0.2, 0) is 0 Å². The second-order valence-electron chi connectivity index (χ2n) is 4.04. The summed E-state index contributed by atoms with van der Waals surface area (Å²) in [5.74, 6) is 1.12. The number of carbonyl (C=O) groups is 1. The molecule has 2 nitrogen and oxygen atoms in total. The molecule has 0 saturated heterocycles. The Bertz CT molecular complexity index is 535. The molecule has 0 aliphatic rings. The molecular weight excluding hydrogens is 200 g/mol. The Hall–Kier alpha value is -1.83. The Kier molecular flexibility index (Phi) is 2.65. The first-order valence-electron chi connectivity index (χ1n) is 5.26. The smallest absolute Gasteiger partial charge is 0.194 e. The van der Waals surface area contributed by atoms with Crippen LogP contribution in [0, 0.1) is 13.8 Å². The fraction of sp³-hybridized carbons (Fsp3) is 0.214. The Morgan fingerprint density at radius 1 is 1.12 bits per heavy atom. The third-order valence-corrected chi connectivity index (χ3v) is 2.61. The van der Waals surface area contributed by atoms with E-state index in [1.165, 1.54) is 12.5 Å². The average molecular weight is 214 g/mol. The Balaban J connectivity index is 2.50. The van der Waals surface area contributed by atoms with E-state index in [0.717, 1.165) is 16.9 Å². The van der Waals surface area contributed by atoms with Crippen LogP contribution in [0.1, 0.15) is 28.6 Å². The van der Waals surface area contributed by atoms with Gasteiger partial charge in [0.2, 0.25) is 0 Å². The summed E-state index contributed by atoms with van der Waals surface area (Å²) in [7, 11) is 0. The maximum absolute atomic E-state index is 11.1. The summed E-state index contributed by atoms with van der Waals surface area (Å²) in [6, 6.07) is 9.75. The quantitative estimate of drug-likeness (QED) is 0.712. The van der Waals surface area contributed by atoms with Crippen LogP contribution in [0.5, 0.6) is 0 Å². The number of hydrogen-bond acceptors (Lipinski definition) is 2. The van der Waals surface area contributed by atoms with Gasteiger partial charge >= 0.3 is 0 Å². The molecular formula is C14H14O2. The van der Waals surface area contributed by atoms with Gasteiger partial charge < -0.3 is 4.42 Å². The highest BCUT2D eigenvalue weighted by Crippen LogP contribution is 2.26. The summed E-state index contributed by atoms with van der Waals surface area (Å²) in [6.45, 7) is 5.58. The molecule has 0 unspecified atom stereocenters. The van der Waals surface area contributed by atoms with Crippen molar-refractivity contribution in [3.63, 3.8) is 0 Å². The fourth-order valence-corrected chi connectivity index (χ4v) is 1.67. The number of benzene rings is 1. The third-order valence-electron chi connectivity index (χ3n) is 2.61. The zero-order chi connectivity index (χ0) is 11.7. The molecule has 0 amide bonds. The molecule has 0 N–H and O–H groups in total. The second kappa shape index (κ2) is 3.97. The highest BCUT2D eigenvalue weighted by molar-refractivity contribution is 5.91. The van der Waals surface area contributed by atoms with Gasteiger partial charge in [-0.3, -0.25) is 4.79 Å². The van der Waals surface area contributed by atoms with Gasteiger partial charge in [-0.15, -0.1) is 0 Å². The number of ketones is 1. The molecule has 0 aliphatic heterocycles. The van der Waals surface area contributed by atoms with E-state index in [4.69, 9.17) is 4.42 Å². The zero-order valence-electron chi connectivity index (χ0n) is 9.70. The summed E-state index contributed by atoms with van der Waals surface area (Å²) in [4.78, 5) is 11.1. The number of furan rings is 1. The second-order valence-corrected chi connectivity index (χ2v) is 4.04. The SMILES string of the molecule is CC(=O)c1ccc(-c2cc(C)ccc2C)o1. The lowest BCUT2D eigenvalue weighted by atomic mass is 10.0. The molecule has 0 atom stereocenters. The van der Waals surface area contributed by atoms with Gasteiger partial charge in [0.05, 0.1) is 0 Å². The predicted octanol–water partition coefficient (Wildman–Crippen LogP) is 3.77. The summed E-state index contributed by atoms with van der Waals surface area (Å²) < 4.78 is 5.52. The van der Waals surface area contributed by atoms with Crippen LogP contribution < -0.4 is 0 Å². The summed E-state index contributed by atoms with van der Waals surface area (Å²) in [5.41, 5.74) is 3.38. The standard InChI is InChI=1S/C14H14O2/c1-9-4-5-10(2)12(8-9)14-7-6-13(16-14)11(3)15/h4-8H,1-3H3. The van der Waals surface area contributed by atoms with Crippen molar-refractivity contribution in [2.75, 3.05) is 0 Å². The van der Waals surface area contributed by atoms with Gasteiger partial charge in [0.25, 0.3) is 0 Å². The lowest BCUT2D eigenvalue weighted by Crippen LogP contribution is -1.87. The van der Waals surface area contributed by atoms with E-state index >= 15 is 0 Å². The highest BCUT2D eigenvalue weighted by Gasteiger charge is 2.09. The minimum absolute atomic E-state index is 0.0449. The largest absolute Gasteiger partial charge is 0.453 e. The van der Waals surface area contributed by atoms with Crippen molar-refractivity contribution in [2.24, 2.45) is 0 Å². The monoisotopic (exact) mass is 214 g/mol. The van der Waals surface area contributed by atoms with Crippen LogP contribution in [-0.4, -0.2) is 5.78 Å². The van der Waals surface area contributed by atoms with E-state index in [-0.39, 0.29) is 5.78 Å². The van der Waals surface area contributed by atoms with Crippen LogP contribution in [0.25, 0.3) is 11.3 Å². The van der Waals surface area contributed by atoms with E-state index in [1.807, 2.05) is 19.9 Å². The molecule has 0 aliphatic carbocycles. The van der Waals surface area contributed by atoms with Gasteiger partial charge in [-0.05, 0) is 37.6 Å². The molecule has 0 radical (unpaired) electrons. The maximum Gasteiger partial charge on any atom is 0.194 e. The molecule has 1 heterocycles. The first kappa shape index (κ1) is 10.7. The molecule has 0 spiro atoms. The maximum atomic E-state index is 11.1. The molecule has 1 aromatic carbocycles. The Morgan fingerprint density at radius 3 is 2.50 bits per heavy atom. The summed E-state index contributed by atoms with van der Waals surface area (Å²) in [5, 5.41) is 0. The molecule has 2 rings (SSSR count). The van der Waals surface area contributed by atoms with Crippen molar-refractivity contribution >= 4 is 5.78 Å². The third kappa shape index (κ3) is 1.91. The number of hydrogen-bond donors (Lipinski definition) is 0. The Morgan fingerprint density at radius 2 is 1.88 bits per heavy atom. The van der Waals surface area contributed by atoms with Crippen molar-refractivity contribution in [3.05, 3.63) is 47.2 Å². The topological polar surface area (TPSA) is 30.2 Å². The van der Waals surface area contributed by atoms with Crippen LogP contribution in [0.15, 0.2) is 34.7 Å². The zero-order valence-corrected chi connectivity index (χ0v) is 9.70. The van der Waals surface area contributed by atoms with Gasteiger partial charge in [-0.1, -0.05) is 17.7 Å². The van der Waals surface area contributed by atoms with Gasteiger partial charge in [0.1, 0.15) is 5.76 Å². The van der Waals surface area contributed by atoms with Crippen molar-refractivity contribution in [3.8, 4) is 11.3 Å². The van der Waals surface area contributed by atoms with Crippen LogP contribution in [0.4, 0.5) is 0 Å². The van der Waals surface area contributed by atoms with E-state index in [9.17, 15) is 4.79 Å². The Labute approximate surface area is 94.9 Å². The van der Waals surface area contributed by atoms with Crippen LogP contribution in [0.3, 0.4) is 0 Å². The van der Waals surface area contributed by atoms with Gasteiger partial charge in [-0.25, -0.2) is 0 Å². The summed E-state index contributed by atoms with van der Waals surface area (Å²) in [6.07, 6.45) is 0. The van der Waals surface area contributed by atoms with E-state index in [2.05, 4.69) is 18.2 Å². The van der Waals surface area contributed by atoms with E-state index in [0.29, 0.717) is 5.76 Å². The fourth-order valence-electron chi connectivity index (χ4n) is 1.67. The lowest BCUT2D eigenvalue weighted by molar-refractivity contribution is 0.0988. The molecule has 16 heavy (non-hydrogen) atoms. The first-order chi connectivity index (χ1) is 7.58. The molecule has 2 heteroatoms. The molecule has 2 aromatic rings. The number of aryl methyl sites for hydroxylation is 2. The van der Waals surface area contributed by atoms with Crippen molar-refractivity contribution in [2.45, 2.75) is 20.8 Å². The number of Topliss-reactive ketones (excluding diaryl/α,β-unsaturated/α-hetero) is 1.